The summed E-state index contributed by atoms with van der Waals surface area (Å²) in [4.78, 5) is 0. The van der Waals surface area contributed by atoms with Crippen molar-refractivity contribution in [1.29, 1.82) is 0 Å². The summed E-state index contributed by atoms with van der Waals surface area (Å²) in [5.74, 6) is 6.62. The van der Waals surface area contributed by atoms with Gasteiger partial charge in [0.05, 0.1) is 24.5 Å². The molecule has 5 heteroatoms. The number of aryl methyl sites for hydroxylation is 2. The molecule has 2 aromatic rings. The highest BCUT2D eigenvalue weighted by atomic mass is 16.5. The second-order valence-electron chi connectivity index (χ2n) is 5.02. The third kappa shape index (κ3) is 3.77. The number of hydrogen-bond donors (Lipinski definition) is 2. The van der Waals surface area contributed by atoms with Gasteiger partial charge in [0, 0.05) is 0 Å². The standard InChI is InChI=1S/C16H22N4O/c1-4-15-14(8-11(2)19-20-15)16(18-17)10-12-6-5-7-13(9-12)21-3/h5-9,16,18H,4,10,17H2,1-3H3. The number of aromatic nitrogens is 2. The summed E-state index contributed by atoms with van der Waals surface area (Å²) in [6.45, 7) is 4.01. The van der Waals surface area contributed by atoms with Crippen LogP contribution in [0.25, 0.3) is 0 Å². The first-order valence-electron chi connectivity index (χ1n) is 7.10. The molecule has 0 aliphatic heterocycles. The van der Waals surface area contributed by atoms with E-state index >= 15 is 0 Å². The van der Waals surface area contributed by atoms with Crippen molar-refractivity contribution in [2.45, 2.75) is 32.7 Å². The van der Waals surface area contributed by atoms with Crippen LogP contribution in [0.5, 0.6) is 5.75 Å². The number of methoxy groups -OCH3 is 1. The summed E-state index contributed by atoms with van der Waals surface area (Å²) in [7, 11) is 1.67. The van der Waals surface area contributed by atoms with Crippen LogP contribution in [0.15, 0.2) is 30.3 Å². The number of rotatable bonds is 6. The first-order chi connectivity index (χ1) is 10.2. The molecule has 1 atom stereocenters. The Hall–Kier alpha value is -1.98. The van der Waals surface area contributed by atoms with Gasteiger partial charge in [-0.3, -0.25) is 11.3 Å². The zero-order valence-corrected chi connectivity index (χ0v) is 12.8. The van der Waals surface area contributed by atoms with E-state index in [4.69, 9.17) is 10.6 Å². The Morgan fingerprint density at radius 1 is 1.29 bits per heavy atom. The summed E-state index contributed by atoms with van der Waals surface area (Å²) >= 11 is 0. The van der Waals surface area contributed by atoms with Gasteiger partial charge in [-0.1, -0.05) is 19.1 Å². The van der Waals surface area contributed by atoms with Crippen LogP contribution in [0.1, 0.15) is 35.5 Å². The molecule has 0 aliphatic carbocycles. The average molecular weight is 286 g/mol. The number of hydrazine groups is 1. The lowest BCUT2D eigenvalue weighted by atomic mass is 9.97. The van der Waals surface area contributed by atoms with Crippen molar-refractivity contribution in [1.82, 2.24) is 15.6 Å². The Bertz CT molecular complexity index is 601. The predicted molar refractivity (Wildman–Crippen MR) is 82.9 cm³/mol. The summed E-state index contributed by atoms with van der Waals surface area (Å²) in [6.07, 6.45) is 1.60. The first-order valence-corrected chi connectivity index (χ1v) is 7.10. The van der Waals surface area contributed by atoms with Crippen molar-refractivity contribution in [3.8, 4) is 5.75 Å². The lowest BCUT2D eigenvalue weighted by Crippen LogP contribution is -2.30. The van der Waals surface area contributed by atoms with Crippen LogP contribution in [-0.4, -0.2) is 17.3 Å². The molecule has 1 heterocycles. The molecule has 3 N–H and O–H groups in total. The average Bonchev–Trinajstić information content (AvgIpc) is 2.52. The van der Waals surface area contributed by atoms with E-state index in [-0.39, 0.29) is 6.04 Å². The van der Waals surface area contributed by atoms with Gasteiger partial charge in [-0.15, -0.1) is 0 Å². The molecule has 112 valence electrons. The van der Waals surface area contributed by atoms with Crippen molar-refractivity contribution < 1.29 is 4.74 Å². The minimum Gasteiger partial charge on any atom is -0.497 e. The predicted octanol–water partition coefficient (Wildman–Crippen LogP) is 2.10. The molecule has 2 rings (SSSR count). The van der Waals surface area contributed by atoms with Crippen molar-refractivity contribution in [2.24, 2.45) is 5.84 Å². The van der Waals surface area contributed by atoms with Gasteiger partial charge < -0.3 is 4.74 Å². The Kier molecular flexibility index (Phi) is 5.25. The zero-order chi connectivity index (χ0) is 15.2. The van der Waals surface area contributed by atoms with Crippen molar-refractivity contribution in [3.05, 3.63) is 52.8 Å². The highest BCUT2D eigenvalue weighted by Gasteiger charge is 2.16. The van der Waals surface area contributed by atoms with E-state index in [1.54, 1.807) is 7.11 Å². The lowest BCUT2D eigenvalue weighted by Gasteiger charge is -2.19. The van der Waals surface area contributed by atoms with Crippen LogP contribution < -0.4 is 16.0 Å². The first kappa shape index (κ1) is 15.4. The fourth-order valence-corrected chi connectivity index (χ4v) is 2.40. The monoisotopic (exact) mass is 286 g/mol. The Labute approximate surface area is 125 Å². The summed E-state index contributed by atoms with van der Waals surface area (Å²) in [6, 6.07) is 10.1. The topological polar surface area (TPSA) is 73.1 Å². The summed E-state index contributed by atoms with van der Waals surface area (Å²) < 4.78 is 5.27. The van der Waals surface area contributed by atoms with Gasteiger partial charge in [0.2, 0.25) is 0 Å². The molecule has 21 heavy (non-hydrogen) atoms. The Morgan fingerprint density at radius 3 is 2.76 bits per heavy atom. The molecule has 0 saturated carbocycles. The zero-order valence-electron chi connectivity index (χ0n) is 12.8. The quantitative estimate of drug-likeness (QED) is 0.628. The normalized spacial score (nSPS) is 12.2. The van der Waals surface area contributed by atoms with Crippen LogP contribution in [0.3, 0.4) is 0 Å². The molecular formula is C16H22N4O. The Balaban J connectivity index is 2.29. The van der Waals surface area contributed by atoms with Crippen LogP contribution in [0.4, 0.5) is 0 Å². The van der Waals surface area contributed by atoms with Gasteiger partial charge in [-0.05, 0) is 49.1 Å². The Morgan fingerprint density at radius 2 is 2.10 bits per heavy atom. The summed E-state index contributed by atoms with van der Waals surface area (Å²) in [5.41, 5.74) is 7.04. The SMILES string of the molecule is CCc1nnc(C)cc1C(Cc1cccc(OC)c1)NN. The minimum absolute atomic E-state index is 0.00116. The number of nitrogens with one attached hydrogen (secondary N) is 1. The number of nitrogens with two attached hydrogens (primary N) is 1. The minimum atomic E-state index is 0.00116. The molecule has 0 amide bonds. The fourth-order valence-electron chi connectivity index (χ4n) is 2.40. The van der Waals surface area contributed by atoms with E-state index in [2.05, 4.69) is 34.7 Å². The van der Waals surface area contributed by atoms with Crippen molar-refractivity contribution >= 4 is 0 Å². The van der Waals surface area contributed by atoms with Crippen LogP contribution in [0.2, 0.25) is 0 Å². The number of ether oxygens (including phenoxy) is 1. The van der Waals surface area contributed by atoms with Crippen LogP contribution >= 0.6 is 0 Å². The maximum Gasteiger partial charge on any atom is 0.119 e. The van der Waals surface area contributed by atoms with Crippen LogP contribution in [-0.2, 0) is 12.8 Å². The maximum absolute atomic E-state index is 5.77. The van der Waals surface area contributed by atoms with Gasteiger partial charge in [-0.2, -0.15) is 10.2 Å². The van der Waals surface area contributed by atoms with Gasteiger partial charge in [0.25, 0.3) is 0 Å². The molecule has 0 bridgehead atoms. The van der Waals surface area contributed by atoms with Gasteiger partial charge in [0.15, 0.2) is 0 Å². The molecule has 1 aromatic heterocycles. The second kappa shape index (κ2) is 7.15. The number of benzene rings is 1. The van der Waals surface area contributed by atoms with E-state index in [0.29, 0.717) is 0 Å². The van der Waals surface area contributed by atoms with Gasteiger partial charge >= 0.3 is 0 Å². The molecule has 0 saturated heterocycles. The molecular weight excluding hydrogens is 264 g/mol. The molecule has 5 nitrogen and oxygen atoms in total. The molecule has 1 unspecified atom stereocenters. The van der Waals surface area contributed by atoms with Gasteiger partial charge in [-0.25, -0.2) is 0 Å². The molecule has 0 aliphatic rings. The van der Waals surface area contributed by atoms with Gasteiger partial charge in [0.1, 0.15) is 5.75 Å². The fraction of sp³-hybridized carbons (Fsp3) is 0.375. The molecule has 0 radical (unpaired) electrons. The highest BCUT2D eigenvalue weighted by Crippen LogP contribution is 2.23. The molecule has 1 aromatic carbocycles. The third-order valence-electron chi connectivity index (χ3n) is 3.51. The maximum atomic E-state index is 5.77. The van der Waals surface area contributed by atoms with E-state index in [1.165, 1.54) is 0 Å². The van der Waals surface area contributed by atoms with E-state index in [1.807, 2.05) is 25.1 Å². The smallest absolute Gasteiger partial charge is 0.119 e. The summed E-state index contributed by atoms with van der Waals surface area (Å²) in [5, 5.41) is 8.39. The van der Waals surface area contributed by atoms with Crippen molar-refractivity contribution in [2.75, 3.05) is 7.11 Å². The third-order valence-corrected chi connectivity index (χ3v) is 3.51. The number of hydrogen-bond acceptors (Lipinski definition) is 5. The molecule has 0 fully saturated rings. The van der Waals surface area contributed by atoms with E-state index in [9.17, 15) is 0 Å². The second-order valence-corrected chi connectivity index (χ2v) is 5.02. The number of nitrogens with zero attached hydrogens (tertiary/aromatic N) is 2. The highest BCUT2D eigenvalue weighted by molar-refractivity contribution is 5.32. The van der Waals surface area contributed by atoms with E-state index < -0.39 is 0 Å². The largest absolute Gasteiger partial charge is 0.497 e. The van der Waals surface area contributed by atoms with E-state index in [0.717, 1.165) is 41.1 Å². The van der Waals surface area contributed by atoms with Crippen molar-refractivity contribution in [3.63, 3.8) is 0 Å². The molecule has 0 spiro atoms. The lowest BCUT2D eigenvalue weighted by molar-refractivity contribution is 0.413. The van der Waals surface area contributed by atoms with Crippen LogP contribution in [0, 0.1) is 6.92 Å².